The monoisotopic (exact) mass is 347 g/mol. The highest BCUT2D eigenvalue weighted by atomic mass is 16.3. The molecule has 0 atom stereocenters. The number of phenolic OH excluding ortho intramolecular Hbond substituents is 1. The van der Waals surface area contributed by atoms with Crippen LogP contribution in [-0.2, 0) is 32.5 Å². The predicted octanol–water partition coefficient (Wildman–Crippen LogP) is 0.860. The Hall–Kier alpha value is -2.57. The van der Waals surface area contributed by atoms with Crippen molar-refractivity contribution in [3.05, 3.63) is 60.3 Å². The van der Waals surface area contributed by atoms with E-state index in [0.717, 1.165) is 30.4 Å². The minimum absolute atomic E-state index is 0.0377. The average Bonchev–Trinajstić information content (AvgIpc) is 2.55. The summed E-state index contributed by atoms with van der Waals surface area (Å²) in [6, 6.07) is 3.60. The third-order valence-electron chi connectivity index (χ3n) is 4.39. The van der Waals surface area contributed by atoms with Gasteiger partial charge in [0, 0.05) is 14.1 Å². The second-order valence-electron chi connectivity index (χ2n) is 7.31. The molecule has 0 saturated heterocycles. The molecule has 7 nitrogen and oxygen atoms in total. The molecule has 0 amide bonds. The van der Waals surface area contributed by atoms with Crippen LogP contribution in [0.25, 0.3) is 0 Å². The van der Waals surface area contributed by atoms with E-state index in [1.807, 2.05) is 33.8 Å². The van der Waals surface area contributed by atoms with Gasteiger partial charge >= 0.3 is 17.1 Å². The highest BCUT2D eigenvalue weighted by molar-refractivity contribution is 5.47. The molecular formula is C18H25N3O4. The zero-order chi connectivity index (χ0) is 19.1. The molecule has 136 valence electrons. The molecule has 25 heavy (non-hydrogen) atoms. The van der Waals surface area contributed by atoms with Crippen LogP contribution in [-0.4, -0.2) is 18.8 Å². The summed E-state index contributed by atoms with van der Waals surface area (Å²) in [5.74, 6) is 0.250. The van der Waals surface area contributed by atoms with Gasteiger partial charge in [0.05, 0.1) is 6.54 Å². The Morgan fingerprint density at radius 2 is 1.48 bits per heavy atom. The minimum Gasteiger partial charge on any atom is -0.507 e. The lowest BCUT2D eigenvalue weighted by Crippen LogP contribution is -2.52. The summed E-state index contributed by atoms with van der Waals surface area (Å²) in [6.45, 7) is 7.94. The Labute approximate surface area is 145 Å². The fraction of sp³-hybridized carbons (Fsp3) is 0.500. The van der Waals surface area contributed by atoms with Crippen LogP contribution in [0, 0.1) is 0 Å². The number of hydrogen-bond acceptors (Lipinski definition) is 4. The van der Waals surface area contributed by atoms with Gasteiger partial charge in [-0.3, -0.25) is 0 Å². The molecule has 0 radical (unpaired) electrons. The molecule has 1 aromatic carbocycles. The molecule has 1 N–H and O–H groups in total. The van der Waals surface area contributed by atoms with Crippen LogP contribution in [0.5, 0.6) is 5.75 Å². The summed E-state index contributed by atoms with van der Waals surface area (Å²) in [6.07, 6.45) is 0.628. The summed E-state index contributed by atoms with van der Waals surface area (Å²) in [7, 11) is 2.69. The molecule has 0 aliphatic carbocycles. The fourth-order valence-corrected chi connectivity index (χ4v) is 2.84. The summed E-state index contributed by atoms with van der Waals surface area (Å²) >= 11 is 0. The summed E-state index contributed by atoms with van der Waals surface area (Å²) in [5.41, 5.74) is 0.00413. The van der Waals surface area contributed by atoms with E-state index in [9.17, 15) is 19.5 Å². The fourth-order valence-electron chi connectivity index (χ4n) is 2.84. The summed E-state index contributed by atoms with van der Waals surface area (Å²) in [4.78, 5) is 36.5. The van der Waals surface area contributed by atoms with E-state index in [-0.39, 0.29) is 17.7 Å². The lowest BCUT2D eigenvalue weighted by molar-refractivity contribution is 0.440. The number of nitrogens with zero attached hydrogens (tertiary/aromatic N) is 3. The average molecular weight is 347 g/mol. The van der Waals surface area contributed by atoms with Gasteiger partial charge in [-0.15, -0.1) is 0 Å². The Balaban J connectivity index is 2.69. The van der Waals surface area contributed by atoms with Crippen molar-refractivity contribution in [2.45, 2.75) is 46.1 Å². The molecular weight excluding hydrogens is 322 g/mol. The first-order valence-electron chi connectivity index (χ1n) is 8.21. The Morgan fingerprint density at radius 3 is 1.92 bits per heavy atom. The predicted molar refractivity (Wildman–Crippen MR) is 96.5 cm³/mol. The van der Waals surface area contributed by atoms with Crippen LogP contribution in [0.3, 0.4) is 0 Å². The lowest BCUT2D eigenvalue weighted by atomic mass is 9.83. The number of hydrogen-bond donors (Lipinski definition) is 1. The van der Waals surface area contributed by atoms with Gasteiger partial charge in [-0.1, -0.05) is 33.8 Å². The Kier molecular flexibility index (Phi) is 4.79. The number of phenols is 1. The quantitative estimate of drug-likeness (QED) is 0.892. The maximum absolute atomic E-state index is 12.3. The molecule has 0 aliphatic heterocycles. The van der Waals surface area contributed by atoms with E-state index >= 15 is 0 Å². The lowest BCUT2D eigenvalue weighted by Gasteiger charge is -2.23. The maximum Gasteiger partial charge on any atom is 0.336 e. The van der Waals surface area contributed by atoms with Crippen molar-refractivity contribution in [3.63, 3.8) is 0 Å². The van der Waals surface area contributed by atoms with Crippen molar-refractivity contribution in [1.29, 1.82) is 0 Å². The van der Waals surface area contributed by atoms with E-state index in [2.05, 4.69) is 0 Å². The van der Waals surface area contributed by atoms with Gasteiger partial charge < -0.3 is 5.11 Å². The molecule has 1 aromatic heterocycles. The van der Waals surface area contributed by atoms with Crippen LogP contribution < -0.4 is 17.1 Å². The first-order chi connectivity index (χ1) is 11.5. The van der Waals surface area contributed by atoms with Gasteiger partial charge in [-0.25, -0.2) is 28.1 Å². The van der Waals surface area contributed by atoms with Crippen molar-refractivity contribution in [3.8, 4) is 5.75 Å². The Morgan fingerprint density at radius 1 is 0.960 bits per heavy atom. The molecule has 0 saturated carbocycles. The SMILES string of the molecule is CCc1cc(Cn2c(=O)n(C)c(=O)n(C)c2=O)cc(C(C)(C)C)c1O. The smallest absolute Gasteiger partial charge is 0.336 e. The van der Waals surface area contributed by atoms with E-state index in [1.165, 1.54) is 14.1 Å². The largest absolute Gasteiger partial charge is 0.507 e. The summed E-state index contributed by atoms with van der Waals surface area (Å²) in [5, 5.41) is 10.5. The van der Waals surface area contributed by atoms with Crippen LogP contribution in [0.4, 0.5) is 0 Å². The third-order valence-corrected chi connectivity index (χ3v) is 4.39. The van der Waals surface area contributed by atoms with Gasteiger partial charge in [0.25, 0.3) is 0 Å². The van der Waals surface area contributed by atoms with E-state index in [1.54, 1.807) is 6.07 Å². The van der Waals surface area contributed by atoms with Crippen molar-refractivity contribution in [1.82, 2.24) is 13.7 Å². The van der Waals surface area contributed by atoms with Gasteiger partial charge in [0.2, 0.25) is 0 Å². The Bertz CT molecular complexity index is 947. The first-order valence-corrected chi connectivity index (χ1v) is 8.21. The minimum atomic E-state index is -0.656. The van der Waals surface area contributed by atoms with Crippen molar-refractivity contribution < 1.29 is 5.11 Å². The number of aromatic hydroxyl groups is 1. The van der Waals surface area contributed by atoms with Crippen LogP contribution in [0.1, 0.15) is 44.4 Å². The normalized spacial score (nSPS) is 11.8. The topological polar surface area (TPSA) is 86.2 Å². The van der Waals surface area contributed by atoms with E-state index < -0.39 is 17.1 Å². The zero-order valence-electron chi connectivity index (χ0n) is 15.6. The van der Waals surface area contributed by atoms with Gasteiger partial charge in [-0.05, 0) is 34.6 Å². The molecule has 2 rings (SSSR count). The molecule has 0 bridgehead atoms. The van der Waals surface area contributed by atoms with Crippen molar-refractivity contribution in [2.75, 3.05) is 0 Å². The van der Waals surface area contributed by atoms with Crippen molar-refractivity contribution in [2.24, 2.45) is 14.1 Å². The molecule has 0 spiro atoms. The maximum atomic E-state index is 12.3. The number of aryl methyl sites for hydroxylation is 1. The van der Waals surface area contributed by atoms with Crippen molar-refractivity contribution >= 4 is 0 Å². The van der Waals surface area contributed by atoms with E-state index in [0.29, 0.717) is 6.42 Å². The molecule has 0 unspecified atom stereocenters. The number of aromatic nitrogens is 3. The standard InChI is InChI=1S/C18H25N3O4/c1-7-12-8-11(9-13(14(12)22)18(2,3)4)10-21-16(24)19(5)15(23)20(6)17(21)25/h8-9,22H,7,10H2,1-6H3. The molecule has 2 aromatic rings. The van der Waals surface area contributed by atoms with Crippen LogP contribution in [0.15, 0.2) is 26.5 Å². The molecule has 0 aliphatic rings. The third kappa shape index (κ3) is 3.31. The zero-order valence-corrected chi connectivity index (χ0v) is 15.6. The van der Waals surface area contributed by atoms with Crippen LogP contribution in [0.2, 0.25) is 0 Å². The van der Waals surface area contributed by atoms with Gasteiger partial charge in [0.15, 0.2) is 0 Å². The number of benzene rings is 1. The van der Waals surface area contributed by atoms with Gasteiger partial charge in [-0.2, -0.15) is 0 Å². The molecule has 1 heterocycles. The molecule has 7 heteroatoms. The highest BCUT2D eigenvalue weighted by Gasteiger charge is 2.21. The van der Waals surface area contributed by atoms with Gasteiger partial charge in [0.1, 0.15) is 5.75 Å². The van der Waals surface area contributed by atoms with E-state index in [4.69, 9.17) is 0 Å². The molecule has 0 fully saturated rings. The van der Waals surface area contributed by atoms with Crippen LogP contribution >= 0.6 is 0 Å². The highest BCUT2D eigenvalue weighted by Crippen LogP contribution is 2.34. The second kappa shape index (κ2) is 6.38. The second-order valence-corrected chi connectivity index (χ2v) is 7.31. The summed E-state index contributed by atoms with van der Waals surface area (Å²) < 4.78 is 2.85. The number of rotatable bonds is 3. The first kappa shape index (κ1) is 18.8.